The largest absolute Gasteiger partial charge is 0.301 e. The maximum atomic E-state index is 12.8. The molecule has 0 fully saturated rings. The second kappa shape index (κ2) is 7.39. The van der Waals surface area contributed by atoms with Crippen molar-refractivity contribution in [3.05, 3.63) is 81.0 Å². The third-order valence-electron chi connectivity index (χ3n) is 4.28. The Labute approximate surface area is 164 Å². The van der Waals surface area contributed by atoms with Crippen molar-refractivity contribution in [2.45, 2.75) is 17.8 Å². The molecule has 0 atom stereocenters. The molecule has 0 radical (unpaired) electrons. The molecule has 0 bridgehead atoms. The maximum Gasteiger partial charge on any atom is 0.260 e. The number of thiophene rings is 1. The summed E-state index contributed by atoms with van der Waals surface area (Å²) in [5.74, 6) is 0.577. The van der Waals surface area contributed by atoms with Gasteiger partial charge in [-0.05, 0) is 24.1 Å². The molecule has 4 nitrogen and oxygen atoms in total. The highest BCUT2D eigenvalue weighted by Gasteiger charge is 2.16. The van der Waals surface area contributed by atoms with Gasteiger partial charge in [0.1, 0.15) is 4.83 Å². The lowest BCUT2D eigenvalue weighted by atomic mass is 10.0. The van der Waals surface area contributed by atoms with E-state index in [0.29, 0.717) is 21.9 Å². The first-order valence-corrected chi connectivity index (χ1v) is 10.2. The lowest BCUT2D eigenvalue weighted by Gasteiger charge is -2.04. The lowest BCUT2D eigenvalue weighted by Crippen LogP contribution is -2.08. The normalized spacial score (nSPS) is 10.8. The minimum atomic E-state index is -0.126. The minimum Gasteiger partial charge on any atom is -0.301 e. The van der Waals surface area contributed by atoms with Crippen LogP contribution in [0, 0.1) is 18.3 Å². The summed E-state index contributed by atoms with van der Waals surface area (Å²) in [6.45, 7) is 2.02. The van der Waals surface area contributed by atoms with Crippen molar-refractivity contribution in [2.75, 3.05) is 0 Å². The first kappa shape index (κ1) is 17.5. The zero-order valence-corrected chi connectivity index (χ0v) is 16.2. The molecule has 4 rings (SSSR count). The maximum absolute atomic E-state index is 12.8. The van der Waals surface area contributed by atoms with Crippen LogP contribution in [0.15, 0.2) is 64.5 Å². The number of H-pyrrole nitrogens is 1. The van der Waals surface area contributed by atoms with Gasteiger partial charge in [-0.15, -0.1) is 11.3 Å². The number of thioether (sulfide) groups is 1. The predicted octanol–water partition coefficient (Wildman–Crippen LogP) is 5.12. The van der Waals surface area contributed by atoms with Gasteiger partial charge in [0.05, 0.1) is 17.0 Å². The minimum absolute atomic E-state index is 0.126. The van der Waals surface area contributed by atoms with Gasteiger partial charge in [0.25, 0.3) is 5.56 Å². The number of benzene rings is 2. The van der Waals surface area contributed by atoms with Crippen LogP contribution in [0.4, 0.5) is 0 Å². The molecule has 4 aromatic rings. The lowest BCUT2D eigenvalue weighted by molar-refractivity contribution is 0.979. The zero-order chi connectivity index (χ0) is 18.8. The third-order valence-corrected chi connectivity index (χ3v) is 6.20. The van der Waals surface area contributed by atoms with Gasteiger partial charge in [-0.1, -0.05) is 60.3 Å². The molecule has 0 amide bonds. The molecular weight excluding hydrogens is 374 g/mol. The molecule has 2 aromatic heterocycles. The zero-order valence-electron chi connectivity index (χ0n) is 14.5. The molecule has 0 aliphatic rings. The number of nitriles is 1. The Morgan fingerprint density at radius 2 is 1.89 bits per heavy atom. The van der Waals surface area contributed by atoms with E-state index in [-0.39, 0.29) is 5.56 Å². The van der Waals surface area contributed by atoms with Crippen molar-refractivity contribution < 1.29 is 0 Å². The van der Waals surface area contributed by atoms with Gasteiger partial charge in [-0.2, -0.15) is 5.26 Å². The SMILES string of the molecule is Cc1sc2nc(SCc3ccccc3C#N)[nH]c(=O)c2c1-c1ccccc1. The summed E-state index contributed by atoms with van der Waals surface area (Å²) in [6.07, 6.45) is 0. The number of rotatable bonds is 4. The Morgan fingerprint density at radius 3 is 2.67 bits per heavy atom. The molecule has 132 valence electrons. The molecule has 0 unspecified atom stereocenters. The number of aromatic nitrogens is 2. The van der Waals surface area contributed by atoms with Gasteiger partial charge in [-0.25, -0.2) is 4.98 Å². The van der Waals surface area contributed by atoms with Crippen molar-refractivity contribution in [1.82, 2.24) is 9.97 Å². The van der Waals surface area contributed by atoms with Crippen molar-refractivity contribution in [3.63, 3.8) is 0 Å². The molecule has 0 saturated carbocycles. The van der Waals surface area contributed by atoms with E-state index >= 15 is 0 Å². The van der Waals surface area contributed by atoms with Crippen LogP contribution in [0.2, 0.25) is 0 Å². The van der Waals surface area contributed by atoms with E-state index in [2.05, 4.69) is 16.0 Å². The van der Waals surface area contributed by atoms with Crippen LogP contribution in [0.1, 0.15) is 16.0 Å². The van der Waals surface area contributed by atoms with Gasteiger partial charge in [0.15, 0.2) is 5.16 Å². The number of fused-ring (bicyclic) bond motifs is 1. The van der Waals surface area contributed by atoms with E-state index in [9.17, 15) is 10.1 Å². The van der Waals surface area contributed by atoms with Crippen LogP contribution in [-0.4, -0.2) is 9.97 Å². The fourth-order valence-electron chi connectivity index (χ4n) is 3.02. The second-order valence-electron chi connectivity index (χ2n) is 6.01. The summed E-state index contributed by atoms with van der Waals surface area (Å²) in [5.41, 5.74) is 3.43. The van der Waals surface area contributed by atoms with E-state index in [0.717, 1.165) is 26.4 Å². The average Bonchev–Trinajstić information content (AvgIpc) is 3.03. The van der Waals surface area contributed by atoms with Gasteiger partial charge in [-0.3, -0.25) is 4.79 Å². The van der Waals surface area contributed by atoms with Crippen molar-refractivity contribution in [1.29, 1.82) is 5.26 Å². The molecule has 2 aromatic carbocycles. The second-order valence-corrected chi connectivity index (χ2v) is 8.18. The first-order chi connectivity index (χ1) is 13.2. The van der Waals surface area contributed by atoms with Gasteiger partial charge in [0.2, 0.25) is 0 Å². The Balaban J connectivity index is 1.71. The number of aromatic amines is 1. The Morgan fingerprint density at radius 1 is 1.15 bits per heavy atom. The quantitative estimate of drug-likeness (QED) is 0.388. The van der Waals surface area contributed by atoms with E-state index in [1.165, 1.54) is 23.1 Å². The molecule has 0 spiro atoms. The number of hydrogen-bond acceptors (Lipinski definition) is 5. The summed E-state index contributed by atoms with van der Waals surface area (Å²) in [4.78, 5) is 22.2. The number of nitrogens with zero attached hydrogens (tertiary/aromatic N) is 2. The van der Waals surface area contributed by atoms with Crippen LogP contribution < -0.4 is 5.56 Å². The molecule has 1 N–H and O–H groups in total. The van der Waals surface area contributed by atoms with E-state index in [1.54, 1.807) is 6.07 Å². The summed E-state index contributed by atoms with van der Waals surface area (Å²) in [6, 6.07) is 19.6. The molecule has 2 heterocycles. The third kappa shape index (κ3) is 3.39. The van der Waals surface area contributed by atoms with E-state index in [1.807, 2.05) is 55.5 Å². The Kier molecular flexibility index (Phi) is 4.80. The summed E-state index contributed by atoms with van der Waals surface area (Å²) in [5, 5.41) is 10.4. The van der Waals surface area contributed by atoms with Crippen molar-refractivity contribution in [2.24, 2.45) is 0 Å². The average molecular weight is 390 g/mol. The monoisotopic (exact) mass is 389 g/mol. The summed E-state index contributed by atoms with van der Waals surface area (Å²) >= 11 is 2.97. The summed E-state index contributed by atoms with van der Waals surface area (Å²) in [7, 11) is 0. The Hall–Kier alpha value is -2.88. The number of aryl methyl sites for hydroxylation is 1. The fourth-order valence-corrected chi connectivity index (χ4v) is 4.99. The van der Waals surface area contributed by atoms with Gasteiger partial charge >= 0.3 is 0 Å². The highest BCUT2D eigenvalue weighted by atomic mass is 32.2. The topological polar surface area (TPSA) is 69.5 Å². The first-order valence-electron chi connectivity index (χ1n) is 8.37. The van der Waals surface area contributed by atoms with E-state index in [4.69, 9.17) is 0 Å². The fraction of sp³-hybridized carbons (Fsp3) is 0.0952. The predicted molar refractivity (Wildman–Crippen MR) is 111 cm³/mol. The Bertz CT molecular complexity index is 1220. The van der Waals surface area contributed by atoms with Crippen LogP contribution in [-0.2, 0) is 5.75 Å². The van der Waals surface area contributed by atoms with Crippen LogP contribution in [0.5, 0.6) is 0 Å². The van der Waals surface area contributed by atoms with Crippen molar-refractivity contribution >= 4 is 33.3 Å². The number of nitrogens with one attached hydrogen (secondary N) is 1. The molecule has 0 aliphatic carbocycles. The standard InChI is InChI=1S/C21H15N3OS2/c1-13-17(14-7-3-2-4-8-14)18-19(25)23-21(24-20(18)27-13)26-12-16-10-6-5-9-15(16)11-22/h2-10H,12H2,1H3,(H,23,24,25). The smallest absolute Gasteiger partial charge is 0.260 e. The molecule has 6 heteroatoms. The molecule has 0 saturated heterocycles. The van der Waals surface area contributed by atoms with Crippen molar-refractivity contribution in [3.8, 4) is 17.2 Å². The highest BCUT2D eigenvalue weighted by molar-refractivity contribution is 7.98. The van der Waals surface area contributed by atoms with Gasteiger partial charge < -0.3 is 4.98 Å². The van der Waals surface area contributed by atoms with Crippen LogP contribution in [0.3, 0.4) is 0 Å². The molecule has 0 aliphatic heterocycles. The van der Waals surface area contributed by atoms with Crippen LogP contribution >= 0.6 is 23.1 Å². The molecular formula is C21H15N3OS2. The van der Waals surface area contributed by atoms with E-state index < -0.39 is 0 Å². The number of hydrogen-bond donors (Lipinski definition) is 1. The van der Waals surface area contributed by atoms with Crippen LogP contribution in [0.25, 0.3) is 21.3 Å². The highest BCUT2D eigenvalue weighted by Crippen LogP contribution is 2.36. The van der Waals surface area contributed by atoms with Gasteiger partial charge in [0, 0.05) is 16.2 Å². The molecule has 27 heavy (non-hydrogen) atoms. The summed E-state index contributed by atoms with van der Waals surface area (Å²) < 4.78 is 0.